The molecule has 0 radical (unpaired) electrons. The summed E-state index contributed by atoms with van der Waals surface area (Å²) in [5.74, 6) is 2.59. The van der Waals surface area contributed by atoms with Crippen molar-refractivity contribution < 1.29 is 9.47 Å². The monoisotopic (exact) mass is 419 g/mol. The van der Waals surface area contributed by atoms with Crippen LogP contribution in [0.5, 0.6) is 11.5 Å². The van der Waals surface area contributed by atoms with Gasteiger partial charge in [0.05, 0.1) is 19.9 Å². The van der Waals surface area contributed by atoms with E-state index in [1.54, 1.807) is 44.4 Å². The van der Waals surface area contributed by atoms with Gasteiger partial charge in [0.2, 0.25) is 0 Å². The highest BCUT2D eigenvalue weighted by atomic mass is 32.2. The summed E-state index contributed by atoms with van der Waals surface area (Å²) < 4.78 is 13.2. The van der Waals surface area contributed by atoms with E-state index in [4.69, 9.17) is 9.47 Å². The second kappa shape index (κ2) is 8.66. The largest absolute Gasteiger partial charge is 0.493 e. The average molecular weight is 420 g/mol. The standard InChI is InChI=1S/C19H21N3O4S2/c1-21-14(8-17(23)22(2)19(21)24)11-27-9-13-10-28-18(20-13)12-5-6-15(25-3)16(7-12)26-4/h5-8,10H,9,11H2,1-4H3. The van der Waals surface area contributed by atoms with Crippen molar-refractivity contribution in [2.75, 3.05) is 14.2 Å². The van der Waals surface area contributed by atoms with Crippen LogP contribution in [0.2, 0.25) is 0 Å². The highest BCUT2D eigenvalue weighted by Crippen LogP contribution is 2.34. The van der Waals surface area contributed by atoms with Crippen molar-refractivity contribution in [1.29, 1.82) is 0 Å². The lowest BCUT2D eigenvalue weighted by molar-refractivity contribution is 0.355. The number of thiazole rings is 1. The third-order valence-electron chi connectivity index (χ3n) is 4.31. The van der Waals surface area contributed by atoms with Gasteiger partial charge in [-0.3, -0.25) is 13.9 Å². The van der Waals surface area contributed by atoms with E-state index >= 15 is 0 Å². The quantitative estimate of drug-likeness (QED) is 0.586. The second-order valence-electron chi connectivity index (χ2n) is 6.08. The summed E-state index contributed by atoms with van der Waals surface area (Å²) in [5, 5.41) is 2.92. The first-order valence-electron chi connectivity index (χ1n) is 8.45. The molecule has 0 atom stereocenters. The van der Waals surface area contributed by atoms with Gasteiger partial charge < -0.3 is 9.47 Å². The van der Waals surface area contributed by atoms with E-state index in [0.29, 0.717) is 28.7 Å². The third kappa shape index (κ3) is 4.15. The molecule has 3 aromatic rings. The number of benzene rings is 1. The van der Waals surface area contributed by atoms with E-state index in [0.717, 1.165) is 20.8 Å². The van der Waals surface area contributed by atoms with E-state index < -0.39 is 0 Å². The maximum Gasteiger partial charge on any atom is 0.330 e. The van der Waals surface area contributed by atoms with Crippen LogP contribution < -0.4 is 20.7 Å². The number of nitrogens with zero attached hydrogens (tertiary/aromatic N) is 3. The molecule has 0 N–H and O–H groups in total. The lowest BCUT2D eigenvalue weighted by atomic mass is 10.2. The van der Waals surface area contributed by atoms with Crippen molar-refractivity contribution in [1.82, 2.24) is 14.1 Å². The Kier molecular flexibility index (Phi) is 6.25. The number of rotatable bonds is 7. The van der Waals surface area contributed by atoms with Gasteiger partial charge in [-0.2, -0.15) is 0 Å². The van der Waals surface area contributed by atoms with Crippen molar-refractivity contribution in [3.63, 3.8) is 0 Å². The summed E-state index contributed by atoms with van der Waals surface area (Å²) in [6.07, 6.45) is 0. The fourth-order valence-corrected chi connectivity index (χ4v) is 4.52. The molecule has 0 aliphatic heterocycles. The fourth-order valence-electron chi connectivity index (χ4n) is 2.65. The first kappa shape index (κ1) is 20.2. The number of hydrogen-bond donors (Lipinski definition) is 0. The van der Waals surface area contributed by atoms with Crippen LogP contribution in [0.1, 0.15) is 11.4 Å². The summed E-state index contributed by atoms with van der Waals surface area (Å²) in [6, 6.07) is 7.22. The van der Waals surface area contributed by atoms with Crippen LogP contribution in [0.4, 0.5) is 0 Å². The lowest BCUT2D eigenvalue weighted by Gasteiger charge is -2.08. The first-order chi connectivity index (χ1) is 13.4. The SMILES string of the molecule is COc1ccc(-c2nc(CSCc3cc(=O)n(C)c(=O)n3C)cs2)cc1OC. The molecule has 0 amide bonds. The smallest absolute Gasteiger partial charge is 0.330 e. The van der Waals surface area contributed by atoms with E-state index in [1.165, 1.54) is 17.7 Å². The molecule has 0 bridgehead atoms. The Balaban J connectivity index is 1.69. The molecule has 0 aliphatic carbocycles. The molecule has 28 heavy (non-hydrogen) atoms. The van der Waals surface area contributed by atoms with Crippen LogP contribution in [0.3, 0.4) is 0 Å². The molecule has 0 saturated heterocycles. The van der Waals surface area contributed by atoms with Crippen LogP contribution in [-0.2, 0) is 25.6 Å². The lowest BCUT2D eigenvalue weighted by Crippen LogP contribution is -2.37. The van der Waals surface area contributed by atoms with Crippen molar-refractivity contribution >= 4 is 23.1 Å². The average Bonchev–Trinajstić information content (AvgIpc) is 3.18. The van der Waals surface area contributed by atoms with Crippen molar-refractivity contribution in [3.05, 3.63) is 61.9 Å². The Hall–Kier alpha value is -2.52. The van der Waals surface area contributed by atoms with Gasteiger partial charge >= 0.3 is 5.69 Å². The van der Waals surface area contributed by atoms with E-state index in [2.05, 4.69) is 4.98 Å². The van der Waals surface area contributed by atoms with Crippen LogP contribution in [0.15, 0.2) is 39.2 Å². The van der Waals surface area contributed by atoms with Crippen molar-refractivity contribution in [2.24, 2.45) is 14.1 Å². The van der Waals surface area contributed by atoms with Crippen LogP contribution in [-0.4, -0.2) is 28.3 Å². The molecule has 9 heteroatoms. The number of ether oxygens (including phenoxy) is 2. The van der Waals surface area contributed by atoms with E-state index in [-0.39, 0.29) is 11.2 Å². The first-order valence-corrected chi connectivity index (χ1v) is 10.5. The number of aromatic nitrogens is 3. The van der Waals surface area contributed by atoms with Crippen molar-refractivity contribution in [2.45, 2.75) is 11.5 Å². The highest BCUT2D eigenvalue weighted by molar-refractivity contribution is 7.97. The summed E-state index contributed by atoms with van der Waals surface area (Å²) in [7, 11) is 6.37. The van der Waals surface area contributed by atoms with Gasteiger partial charge in [0, 0.05) is 48.3 Å². The van der Waals surface area contributed by atoms with Crippen LogP contribution >= 0.6 is 23.1 Å². The van der Waals surface area contributed by atoms with Gasteiger partial charge in [-0.1, -0.05) is 0 Å². The molecule has 0 saturated carbocycles. The third-order valence-corrected chi connectivity index (χ3v) is 6.25. The molecule has 7 nitrogen and oxygen atoms in total. The fraction of sp³-hybridized carbons (Fsp3) is 0.316. The molecule has 0 spiro atoms. The zero-order chi connectivity index (χ0) is 20.3. The van der Waals surface area contributed by atoms with Gasteiger partial charge in [-0.15, -0.1) is 23.1 Å². The van der Waals surface area contributed by atoms with Crippen LogP contribution in [0, 0.1) is 0 Å². The van der Waals surface area contributed by atoms with Gasteiger partial charge in [0.15, 0.2) is 11.5 Å². The van der Waals surface area contributed by atoms with Gasteiger partial charge in [0.25, 0.3) is 5.56 Å². The minimum absolute atomic E-state index is 0.289. The van der Waals surface area contributed by atoms with Gasteiger partial charge in [-0.05, 0) is 18.2 Å². The maximum absolute atomic E-state index is 12.0. The van der Waals surface area contributed by atoms with E-state index in [9.17, 15) is 9.59 Å². The predicted molar refractivity (Wildman–Crippen MR) is 113 cm³/mol. The van der Waals surface area contributed by atoms with Gasteiger partial charge in [-0.25, -0.2) is 9.78 Å². The predicted octanol–water partition coefficient (Wildman–Crippen LogP) is 2.66. The molecular formula is C19H21N3O4S2. The molecule has 2 heterocycles. The molecule has 0 unspecified atom stereocenters. The van der Waals surface area contributed by atoms with Crippen molar-refractivity contribution in [3.8, 4) is 22.1 Å². The Morgan fingerprint density at radius 1 is 1.04 bits per heavy atom. The number of hydrogen-bond acceptors (Lipinski definition) is 7. The zero-order valence-corrected chi connectivity index (χ0v) is 17.7. The summed E-state index contributed by atoms with van der Waals surface area (Å²) in [6.45, 7) is 0. The minimum Gasteiger partial charge on any atom is -0.493 e. The Morgan fingerprint density at radius 3 is 2.50 bits per heavy atom. The number of methoxy groups -OCH3 is 2. The van der Waals surface area contributed by atoms with Crippen LogP contribution in [0.25, 0.3) is 10.6 Å². The topological polar surface area (TPSA) is 75.4 Å². The van der Waals surface area contributed by atoms with E-state index in [1.807, 2.05) is 23.6 Å². The molecule has 148 valence electrons. The maximum atomic E-state index is 12.0. The second-order valence-corrected chi connectivity index (χ2v) is 7.92. The normalized spacial score (nSPS) is 10.9. The molecule has 0 fully saturated rings. The summed E-state index contributed by atoms with van der Waals surface area (Å²) in [5.41, 5.74) is 2.02. The van der Waals surface area contributed by atoms with Gasteiger partial charge in [0.1, 0.15) is 5.01 Å². The molecule has 2 aromatic heterocycles. The Labute approximate surface area is 170 Å². The molecule has 1 aromatic carbocycles. The Morgan fingerprint density at radius 2 is 1.79 bits per heavy atom. The Bertz CT molecular complexity index is 1100. The minimum atomic E-state index is -0.313. The molecule has 3 rings (SSSR count). The molecular weight excluding hydrogens is 398 g/mol. The number of thioether (sulfide) groups is 1. The summed E-state index contributed by atoms with van der Waals surface area (Å²) >= 11 is 3.17. The highest BCUT2D eigenvalue weighted by Gasteiger charge is 2.11. The zero-order valence-electron chi connectivity index (χ0n) is 16.1. The molecule has 0 aliphatic rings. The summed E-state index contributed by atoms with van der Waals surface area (Å²) in [4.78, 5) is 28.5.